The van der Waals surface area contributed by atoms with Gasteiger partial charge in [0.1, 0.15) is 0 Å². The van der Waals surface area contributed by atoms with E-state index in [2.05, 4.69) is 27.2 Å². The first-order valence-electron chi connectivity index (χ1n) is 8.24. The van der Waals surface area contributed by atoms with Gasteiger partial charge in [-0.1, -0.05) is 18.2 Å². The molecule has 128 valence electrons. The average Bonchev–Trinajstić information content (AvgIpc) is 3.27. The first-order chi connectivity index (χ1) is 12.2. The van der Waals surface area contributed by atoms with Crippen molar-refractivity contribution in [1.82, 2.24) is 14.6 Å². The van der Waals surface area contributed by atoms with Gasteiger partial charge in [0.15, 0.2) is 5.65 Å². The number of carbonyl (C=O) groups is 1. The average molecular weight is 338 g/mol. The molecule has 2 aromatic heterocycles. The maximum atomic E-state index is 12.2. The van der Waals surface area contributed by atoms with Gasteiger partial charge in [-0.25, -0.2) is 19.1 Å². The van der Waals surface area contributed by atoms with Crippen LogP contribution < -0.4 is 10.6 Å². The summed E-state index contributed by atoms with van der Waals surface area (Å²) < 4.78 is 6.74. The van der Waals surface area contributed by atoms with Crippen LogP contribution in [0.5, 0.6) is 0 Å². The van der Waals surface area contributed by atoms with Gasteiger partial charge in [-0.05, 0) is 30.7 Å². The summed E-state index contributed by atoms with van der Waals surface area (Å²) in [6.07, 6.45) is 2.44. The molecule has 3 aromatic rings. The molecule has 0 radical (unpaired) electrons. The summed E-state index contributed by atoms with van der Waals surface area (Å²) in [5.41, 5.74) is 1.63. The molecule has 4 rings (SSSR count). The van der Waals surface area contributed by atoms with Crippen molar-refractivity contribution in [3.05, 3.63) is 64.7 Å². The number of pyridine rings is 1. The minimum Gasteiger partial charge on any atom is -0.462 e. The van der Waals surface area contributed by atoms with E-state index in [1.807, 2.05) is 18.2 Å². The highest BCUT2D eigenvalue weighted by Crippen LogP contribution is 2.23. The fourth-order valence-electron chi connectivity index (χ4n) is 3.15. The van der Waals surface area contributed by atoms with Gasteiger partial charge >= 0.3 is 11.7 Å². The fourth-order valence-corrected chi connectivity index (χ4v) is 3.15. The molecule has 7 nitrogen and oxygen atoms in total. The number of ether oxygens (including phenoxy) is 1. The number of nitrogens with one attached hydrogen (secondary N) is 1. The fraction of sp³-hybridized carbons (Fsp3) is 0.278. The number of H-pyrrole nitrogens is 1. The van der Waals surface area contributed by atoms with Gasteiger partial charge in [0.2, 0.25) is 0 Å². The number of aromatic nitrogens is 3. The molecule has 25 heavy (non-hydrogen) atoms. The number of fused-ring (bicyclic) bond motifs is 1. The van der Waals surface area contributed by atoms with E-state index in [9.17, 15) is 9.59 Å². The smallest absolute Gasteiger partial charge is 0.347 e. The number of hydrogen-bond donors (Lipinski definition) is 1. The third-order valence-electron chi connectivity index (χ3n) is 4.50. The van der Waals surface area contributed by atoms with Gasteiger partial charge < -0.3 is 9.64 Å². The van der Waals surface area contributed by atoms with Crippen LogP contribution in [0.4, 0.5) is 5.69 Å². The Balaban J connectivity index is 1.37. The summed E-state index contributed by atoms with van der Waals surface area (Å²) in [5, 5.41) is 6.17. The monoisotopic (exact) mass is 338 g/mol. The second-order valence-corrected chi connectivity index (χ2v) is 6.21. The summed E-state index contributed by atoms with van der Waals surface area (Å²) in [4.78, 5) is 26.1. The van der Waals surface area contributed by atoms with Crippen LogP contribution in [0.15, 0.2) is 53.5 Å². The van der Waals surface area contributed by atoms with E-state index in [-0.39, 0.29) is 5.69 Å². The molecule has 1 aliphatic heterocycles. The standard InChI is InChI=1S/C18H18N4O3/c23-17(14-6-7-16-19-20-18(24)22(16)11-14)25-12-13-8-9-21(10-13)15-4-2-1-3-5-15/h1-7,11,13H,8-10,12H2,(H,20,24)/t13-/m0/s1. The Kier molecular flexibility index (Phi) is 3.97. The number of esters is 1. The van der Waals surface area contributed by atoms with Gasteiger partial charge in [0.25, 0.3) is 0 Å². The van der Waals surface area contributed by atoms with Crippen LogP contribution in [0.1, 0.15) is 16.8 Å². The normalized spacial score (nSPS) is 17.1. The van der Waals surface area contributed by atoms with Crippen LogP contribution in [0.25, 0.3) is 5.65 Å². The molecular formula is C18H18N4O3. The van der Waals surface area contributed by atoms with Crippen LogP contribution in [0.2, 0.25) is 0 Å². The van der Waals surface area contributed by atoms with E-state index in [0.717, 1.165) is 19.5 Å². The molecule has 0 saturated carbocycles. The first-order valence-corrected chi connectivity index (χ1v) is 8.24. The molecular weight excluding hydrogens is 320 g/mol. The van der Waals surface area contributed by atoms with Crippen molar-refractivity contribution in [2.75, 3.05) is 24.6 Å². The minimum atomic E-state index is -0.423. The van der Waals surface area contributed by atoms with Crippen LogP contribution >= 0.6 is 0 Å². The maximum Gasteiger partial charge on any atom is 0.347 e. The van der Waals surface area contributed by atoms with Crippen molar-refractivity contribution < 1.29 is 9.53 Å². The zero-order valence-electron chi connectivity index (χ0n) is 13.6. The lowest BCUT2D eigenvalue weighted by Gasteiger charge is -2.18. The molecule has 0 amide bonds. The van der Waals surface area contributed by atoms with Gasteiger partial charge in [0, 0.05) is 30.9 Å². The van der Waals surface area contributed by atoms with Crippen LogP contribution in [-0.4, -0.2) is 40.3 Å². The molecule has 3 heterocycles. The number of nitrogens with zero attached hydrogens (tertiary/aromatic N) is 3. The molecule has 1 atom stereocenters. The molecule has 0 unspecified atom stereocenters. The molecule has 0 aliphatic carbocycles. The second-order valence-electron chi connectivity index (χ2n) is 6.21. The second kappa shape index (κ2) is 6.43. The van der Waals surface area contributed by atoms with Crippen molar-refractivity contribution in [3.8, 4) is 0 Å². The summed E-state index contributed by atoms with van der Waals surface area (Å²) in [6, 6.07) is 13.5. The maximum absolute atomic E-state index is 12.2. The van der Waals surface area contributed by atoms with Gasteiger partial charge in [-0.15, -0.1) is 0 Å². The molecule has 1 fully saturated rings. The summed E-state index contributed by atoms with van der Waals surface area (Å²) in [5.74, 6) is -0.113. The number of carbonyl (C=O) groups excluding carboxylic acids is 1. The van der Waals surface area contributed by atoms with E-state index in [0.29, 0.717) is 23.7 Å². The highest BCUT2D eigenvalue weighted by Gasteiger charge is 2.24. The third-order valence-corrected chi connectivity index (χ3v) is 4.50. The van der Waals surface area contributed by atoms with Crippen molar-refractivity contribution in [3.63, 3.8) is 0 Å². The summed E-state index contributed by atoms with van der Waals surface area (Å²) in [6.45, 7) is 2.21. The zero-order chi connectivity index (χ0) is 17.2. The predicted octanol–water partition coefficient (Wildman–Crippen LogP) is 1.71. The Bertz CT molecular complexity index is 948. The predicted molar refractivity (Wildman–Crippen MR) is 92.9 cm³/mol. The van der Waals surface area contributed by atoms with Crippen LogP contribution in [0.3, 0.4) is 0 Å². The Morgan fingerprint density at radius 1 is 1.24 bits per heavy atom. The molecule has 0 bridgehead atoms. The number of rotatable bonds is 4. The lowest BCUT2D eigenvalue weighted by atomic mass is 10.1. The van der Waals surface area contributed by atoms with E-state index >= 15 is 0 Å². The van der Waals surface area contributed by atoms with E-state index in [4.69, 9.17) is 4.74 Å². The largest absolute Gasteiger partial charge is 0.462 e. The first kappa shape index (κ1) is 15.4. The Hall–Kier alpha value is -3.09. The summed E-state index contributed by atoms with van der Waals surface area (Å²) in [7, 11) is 0. The van der Waals surface area contributed by atoms with Crippen molar-refractivity contribution in [2.24, 2.45) is 5.92 Å². The van der Waals surface area contributed by atoms with Crippen LogP contribution in [-0.2, 0) is 4.74 Å². The van der Waals surface area contributed by atoms with E-state index < -0.39 is 5.97 Å². The molecule has 1 aliphatic rings. The van der Waals surface area contributed by atoms with Crippen molar-refractivity contribution >= 4 is 17.3 Å². The van der Waals surface area contributed by atoms with Gasteiger partial charge in [-0.3, -0.25) is 0 Å². The number of benzene rings is 1. The molecule has 0 spiro atoms. The Morgan fingerprint density at radius 3 is 2.92 bits per heavy atom. The number of para-hydroxylation sites is 1. The van der Waals surface area contributed by atoms with E-state index in [1.54, 1.807) is 12.1 Å². The lowest BCUT2D eigenvalue weighted by molar-refractivity contribution is 0.0450. The zero-order valence-corrected chi connectivity index (χ0v) is 13.6. The molecule has 1 saturated heterocycles. The van der Waals surface area contributed by atoms with Crippen LogP contribution in [0, 0.1) is 5.92 Å². The highest BCUT2D eigenvalue weighted by molar-refractivity contribution is 5.89. The van der Waals surface area contributed by atoms with Gasteiger partial charge in [-0.2, -0.15) is 5.10 Å². The summed E-state index contributed by atoms with van der Waals surface area (Å²) >= 11 is 0. The number of hydrogen-bond acceptors (Lipinski definition) is 5. The Labute approximate surface area is 143 Å². The SMILES string of the molecule is O=C(OC[C@H]1CCN(c2ccccc2)C1)c1ccc2n[nH]c(=O)n2c1. The number of aromatic amines is 1. The molecule has 1 aromatic carbocycles. The Morgan fingerprint density at radius 2 is 2.08 bits per heavy atom. The lowest BCUT2D eigenvalue weighted by Crippen LogP contribution is -2.22. The van der Waals surface area contributed by atoms with Gasteiger partial charge in [0.05, 0.1) is 12.2 Å². The third kappa shape index (κ3) is 3.13. The topological polar surface area (TPSA) is 79.7 Å². The highest BCUT2D eigenvalue weighted by atomic mass is 16.5. The number of anilines is 1. The molecule has 1 N–H and O–H groups in total. The van der Waals surface area contributed by atoms with Crippen molar-refractivity contribution in [2.45, 2.75) is 6.42 Å². The molecule has 7 heteroatoms. The minimum absolute atomic E-state index is 0.310. The van der Waals surface area contributed by atoms with E-state index in [1.165, 1.54) is 16.3 Å². The van der Waals surface area contributed by atoms with Crippen molar-refractivity contribution in [1.29, 1.82) is 0 Å². The quantitative estimate of drug-likeness (QED) is 0.733.